The Bertz CT molecular complexity index is 2800. The predicted molar refractivity (Wildman–Crippen MR) is 227 cm³/mol. The summed E-state index contributed by atoms with van der Waals surface area (Å²) in [4.78, 5) is 7.85. The highest BCUT2D eigenvalue weighted by molar-refractivity contribution is 6.19. The van der Waals surface area contributed by atoms with Gasteiger partial charge < -0.3 is 14.6 Å². The maximum absolute atomic E-state index is 6.79. The van der Waals surface area contributed by atoms with Crippen LogP contribution in [0.15, 0.2) is 191 Å². The zero-order chi connectivity index (χ0) is 36.5. The Morgan fingerprint density at radius 3 is 2.24 bits per heavy atom. The number of hydrogen-bond donors (Lipinski definition) is 1. The van der Waals surface area contributed by atoms with E-state index in [0.717, 1.165) is 67.7 Å². The summed E-state index contributed by atoms with van der Waals surface area (Å²) in [5.74, 6) is 0.607. The molecule has 7 aromatic rings. The second-order valence-electron chi connectivity index (χ2n) is 15.1. The number of rotatable bonds is 5. The fourth-order valence-electron chi connectivity index (χ4n) is 9.41. The number of fused-ring (bicyclic) bond motifs is 8. The molecule has 0 bridgehead atoms. The van der Waals surface area contributed by atoms with Crippen LogP contribution in [0.3, 0.4) is 0 Å². The van der Waals surface area contributed by atoms with Crippen molar-refractivity contribution in [2.45, 2.75) is 31.5 Å². The van der Waals surface area contributed by atoms with Crippen LogP contribution < -0.4 is 10.2 Å². The third-order valence-electron chi connectivity index (χ3n) is 12.0. The Morgan fingerprint density at radius 1 is 0.691 bits per heavy atom. The third kappa shape index (κ3) is 5.16. The van der Waals surface area contributed by atoms with Crippen LogP contribution in [-0.2, 0) is 0 Å². The van der Waals surface area contributed by atoms with Crippen LogP contribution in [0.2, 0.25) is 0 Å². The first-order valence-corrected chi connectivity index (χ1v) is 19.3. The van der Waals surface area contributed by atoms with Gasteiger partial charge in [0.25, 0.3) is 0 Å². The lowest BCUT2D eigenvalue weighted by molar-refractivity contribution is 0.659. The highest BCUT2D eigenvalue weighted by atomic mass is 16.3. The van der Waals surface area contributed by atoms with Crippen molar-refractivity contribution in [3.8, 4) is 0 Å². The van der Waals surface area contributed by atoms with Crippen molar-refractivity contribution in [3.05, 3.63) is 215 Å². The molecule has 2 aliphatic carbocycles. The molecule has 0 radical (unpaired) electrons. The van der Waals surface area contributed by atoms with Crippen LogP contribution in [-0.4, -0.2) is 11.8 Å². The van der Waals surface area contributed by atoms with Crippen LogP contribution in [0.1, 0.15) is 58.8 Å². The fraction of sp³-hybridized carbons (Fsp3) is 0.118. The molecule has 2 aliphatic heterocycles. The molecular weight excluding hydrogens is 671 g/mol. The maximum atomic E-state index is 6.79. The van der Waals surface area contributed by atoms with E-state index in [9.17, 15) is 0 Å². The summed E-state index contributed by atoms with van der Waals surface area (Å²) < 4.78 is 6.79. The molecule has 4 aliphatic rings. The molecule has 11 rings (SSSR count). The molecule has 6 aromatic carbocycles. The number of para-hydroxylation sites is 1. The van der Waals surface area contributed by atoms with Crippen molar-refractivity contribution < 1.29 is 4.42 Å². The van der Waals surface area contributed by atoms with Gasteiger partial charge in [-0.25, -0.2) is 0 Å². The number of anilines is 2. The minimum atomic E-state index is -0.205. The van der Waals surface area contributed by atoms with Gasteiger partial charge in [-0.2, -0.15) is 0 Å². The van der Waals surface area contributed by atoms with E-state index >= 15 is 0 Å². The summed E-state index contributed by atoms with van der Waals surface area (Å²) in [6.45, 7) is 2.16. The van der Waals surface area contributed by atoms with Crippen LogP contribution in [0.4, 0.5) is 11.4 Å². The molecule has 1 aromatic heterocycles. The van der Waals surface area contributed by atoms with E-state index < -0.39 is 0 Å². The Morgan fingerprint density at radius 2 is 1.42 bits per heavy atom. The van der Waals surface area contributed by atoms with Gasteiger partial charge in [-0.3, -0.25) is 4.99 Å². The molecule has 4 unspecified atom stereocenters. The van der Waals surface area contributed by atoms with Crippen molar-refractivity contribution in [2.24, 2.45) is 10.9 Å². The van der Waals surface area contributed by atoms with Gasteiger partial charge >= 0.3 is 0 Å². The lowest BCUT2D eigenvalue weighted by atomic mass is 9.74. The topological polar surface area (TPSA) is 40.8 Å². The number of hydrogen-bond acceptors (Lipinski definition) is 4. The largest absolute Gasteiger partial charge is 0.456 e. The molecule has 4 atom stereocenters. The van der Waals surface area contributed by atoms with Gasteiger partial charge in [-0.15, -0.1) is 0 Å². The second-order valence-corrected chi connectivity index (χ2v) is 15.1. The Balaban J connectivity index is 1.01. The molecule has 0 saturated heterocycles. The molecule has 0 amide bonds. The summed E-state index contributed by atoms with van der Waals surface area (Å²) in [5.41, 5.74) is 16.2. The van der Waals surface area contributed by atoms with Gasteiger partial charge in [-0.1, -0.05) is 140 Å². The highest BCUT2D eigenvalue weighted by Crippen LogP contribution is 2.54. The molecule has 0 fully saturated rings. The normalized spacial score (nSPS) is 21.2. The number of nitrogens with zero attached hydrogens (tertiary/aromatic N) is 2. The van der Waals surface area contributed by atoms with Crippen molar-refractivity contribution in [2.75, 3.05) is 4.90 Å². The first-order chi connectivity index (χ1) is 27.2. The first kappa shape index (κ1) is 31.8. The minimum Gasteiger partial charge on any atom is -0.456 e. The van der Waals surface area contributed by atoms with Gasteiger partial charge in [-0.05, 0) is 82.6 Å². The monoisotopic (exact) mass is 709 g/mol. The summed E-state index contributed by atoms with van der Waals surface area (Å²) in [6.07, 6.45) is 12.4. The van der Waals surface area contributed by atoms with Crippen molar-refractivity contribution in [1.29, 1.82) is 0 Å². The highest BCUT2D eigenvalue weighted by Gasteiger charge is 2.43. The molecule has 1 N–H and O–H groups in total. The first-order valence-electron chi connectivity index (χ1n) is 19.3. The molecule has 55 heavy (non-hydrogen) atoms. The van der Waals surface area contributed by atoms with Crippen molar-refractivity contribution in [1.82, 2.24) is 5.32 Å². The smallest absolute Gasteiger partial charge is 0.145 e. The van der Waals surface area contributed by atoms with E-state index in [1.54, 1.807) is 0 Å². The van der Waals surface area contributed by atoms with Crippen LogP contribution >= 0.6 is 0 Å². The molecule has 0 saturated carbocycles. The lowest BCUT2D eigenvalue weighted by Gasteiger charge is -2.35. The predicted octanol–water partition coefficient (Wildman–Crippen LogP) is 12.3. The van der Waals surface area contributed by atoms with Gasteiger partial charge in [0.05, 0.1) is 11.8 Å². The summed E-state index contributed by atoms with van der Waals surface area (Å²) in [7, 11) is 0. The van der Waals surface area contributed by atoms with Gasteiger partial charge in [0.15, 0.2) is 0 Å². The summed E-state index contributed by atoms with van der Waals surface area (Å²) in [5, 5.41) is 5.96. The van der Waals surface area contributed by atoms with Crippen LogP contribution in [0.5, 0.6) is 0 Å². The SMILES string of the molecule is CC1=C(c2ccccc2)NC(c2ccccc2)N=C1c1ccc2c(c1)oc1cc(N3c4ccccc4C4c5ccccc5C(C5C=CC=CC5)=CC43)ccc12. The average Bonchev–Trinajstić information content (AvgIpc) is 3.79. The molecule has 3 heterocycles. The minimum absolute atomic E-state index is 0.152. The quantitative estimate of drug-likeness (QED) is 0.193. The van der Waals surface area contributed by atoms with Crippen molar-refractivity contribution >= 4 is 50.3 Å². The summed E-state index contributed by atoms with van der Waals surface area (Å²) in [6, 6.07) is 52.5. The standard InChI is InChI=1S/C51H39N3O/c1-32-49(34-17-7-3-8-18-34)52-51(35-19-9-4-10-20-35)53-50(32)36-25-27-39-40-28-26-37(30-47(40)55-46(39)29-36)54-44-24-14-13-23-42(44)48-41-22-12-11-21-38(41)43(31-45(48)54)33-15-5-2-6-16-33/h2-15,17-31,33,45,48,51-52H,16H2,1H3. The number of allylic oxidation sites excluding steroid dienone is 6. The van der Waals surface area contributed by atoms with Crippen molar-refractivity contribution in [3.63, 3.8) is 0 Å². The number of furan rings is 1. The number of nitrogens with one attached hydrogen (secondary N) is 1. The van der Waals surface area contributed by atoms with E-state index in [4.69, 9.17) is 9.41 Å². The maximum Gasteiger partial charge on any atom is 0.145 e. The molecule has 264 valence electrons. The van der Waals surface area contributed by atoms with Gasteiger partial charge in [0.2, 0.25) is 0 Å². The zero-order valence-electron chi connectivity index (χ0n) is 30.6. The average molecular weight is 710 g/mol. The van der Waals surface area contributed by atoms with E-state index in [1.807, 2.05) is 6.07 Å². The Kier molecular flexibility index (Phi) is 7.38. The molecule has 4 nitrogen and oxygen atoms in total. The van der Waals surface area contributed by atoms with Crippen LogP contribution in [0.25, 0.3) is 33.2 Å². The summed E-state index contributed by atoms with van der Waals surface area (Å²) >= 11 is 0. The lowest BCUT2D eigenvalue weighted by Crippen LogP contribution is -2.32. The van der Waals surface area contributed by atoms with E-state index in [0.29, 0.717) is 5.92 Å². The molecular formula is C51H39N3O. The van der Waals surface area contributed by atoms with E-state index in [1.165, 1.54) is 28.0 Å². The zero-order valence-corrected chi connectivity index (χ0v) is 30.6. The second kappa shape index (κ2) is 12.7. The van der Waals surface area contributed by atoms with E-state index in [2.05, 4.69) is 187 Å². The Labute approximate surface area is 321 Å². The fourth-order valence-corrected chi connectivity index (χ4v) is 9.41. The molecule has 4 heteroatoms. The van der Waals surface area contributed by atoms with E-state index in [-0.39, 0.29) is 18.1 Å². The number of aliphatic imine (C=N–C) groups is 1. The van der Waals surface area contributed by atoms with Gasteiger partial charge in [0.1, 0.15) is 17.3 Å². The van der Waals surface area contributed by atoms with Crippen LogP contribution in [0, 0.1) is 5.92 Å². The molecule has 0 spiro atoms. The Hall–Kier alpha value is -6.65. The third-order valence-corrected chi connectivity index (χ3v) is 12.0. The number of benzene rings is 6. The van der Waals surface area contributed by atoms with Gasteiger partial charge in [0, 0.05) is 51.3 Å².